The van der Waals surface area contributed by atoms with Gasteiger partial charge in [-0.15, -0.1) is 0 Å². The number of benzene rings is 1. The second-order valence-electron chi connectivity index (χ2n) is 7.68. The van der Waals surface area contributed by atoms with Crippen molar-refractivity contribution in [3.63, 3.8) is 0 Å². The van der Waals surface area contributed by atoms with Gasteiger partial charge in [0.25, 0.3) is 0 Å². The lowest BCUT2D eigenvalue weighted by molar-refractivity contribution is -0.125. The van der Waals surface area contributed by atoms with Crippen LogP contribution < -0.4 is 10.2 Å². The van der Waals surface area contributed by atoms with E-state index in [1.165, 1.54) is 32.4 Å². The molecule has 146 valence electrons. The van der Waals surface area contributed by atoms with Crippen LogP contribution in [0.2, 0.25) is 5.02 Å². The van der Waals surface area contributed by atoms with Crippen LogP contribution in [0.15, 0.2) is 18.2 Å². The largest absolute Gasteiger partial charge is 0.355 e. The van der Waals surface area contributed by atoms with Gasteiger partial charge in [-0.1, -0.05) is 18.0 Å². The normalized spacial score (nSPS) is 19.5. The van der Waals surface area contributed by atoms with Crippen molar-refractivity contribution in [2.75, 3.05) is 44.2 Å². The van der Waals surface area contributed by atoms with E-state index in [0.717, 1.165) is 56.0 Å². The second kappa shape index (κ2) is 8.48. The number of likely N-dealkylation sites (tertiary alicyclic amines) is 1. The average molecular weight is 390 g/mol. The minimum absolute atomic E-state index is 0.112. The summed E-state index contributed by atoms with van der Waals surface area (Å²) in [5.74, 6) is 1.20. The van der Waals surface area contributed by atoms with E-state index in [9.17, 15) is 4.79 Å². The van der Waals surface area contributed by atoms with Gasteiger partial charge in [-0.2, -0.15) is 0 Å². The number of aromatic amines is 1. The fraction of sp³-hybridized carbons (Fsp3) is 0.600. The van der Waals surface area contributed by atoms with Crippen LogP contribution in [0.3, 0.4) is 0 Å². The highest BCUT2D eigenvalue weighted by molar-refractivity contribution is 6.31. The number of amides is 1. The molecule has 2 aromatic rings. The maximum atomic E-state index is 12.5. The van der Waals surface area contributed by atoms with Crippen LogP contribution in [-0.4, -0.2) is 60.0 Å². The zero-order chi connectivity index (χ0) is 18.6. The molecule has 1 aromatic carbocycles. The van der Waals surface area contributed by atoms with Crippen molar-refractivity contribution in [2.24, 2.45) is 5.92 Å². The Balaban J connectivity index is 1.24. The summed E-state index contributed by atoms with van der Waals surface area (Å²) in [4.78, 5) is 25.2. The molecule has 27 heavy (non-hydrogen) atoms. The predicted molar refractivity (Wildman–Crippen MR) is 109 cm³/mol. The van der Waals surface area contributed by atoms with E-state index in [1.54, 1.807) is 0 Å². The number of aromatic nitrogens is 2. The maximum Gasteiger partial charge on any atom is 0.223 e. The Morgan fingerprint density at radius 2 is 1.96 bits per heavy atom. The van der Waals surface area contributed by atoms with Crippen LogP contribution in [-0.2, 0) is 4.79 Å². The van der Waals surface area contributed by atoms with Crippen molar-refractivity contribution in [2.45, 2.75) is 32.1 Å². The molecule has 0 atom stereocenters. The number of H-pyrrole nitrogens is 1. The summed E-state index contributed by atoms with van der Waals surface area (Å²) in [5, 5.41) is 3.85. The Kier molecular flexibility index (Phi) is 5.83. The van der Waals surface area contributed by atoms with Crippen molar-refractivity contribution in [3.8, 4) is 0 Å². The Labute approximate surface area is 165 Å². The summed E-state index contributed by atoms with van der Waals surface area (Å²) in [5.41, 5.74) is 1.88. The minimum Gasteiger partial charge on any atom is -0.355 e. The molecule has 2 aliphatic rings. The number of imidazole rings is 1. The molecule has 2 fully saturated rings. The van der Waals surface area contributed by atoms with Crippen molar-refractivity contribution in [1.82, 2.24) is 20.2 Å². The number of hydrogen-bond acceptors (Lipinski definition) is 4. The van der Waals surface area contributed by atoms with E-state index in [4.69, 9.17) is 11.6 Å². The number of carbonyl (C=O) groups is 1. The van der Waals surface area contributed by atoms with E-state index in [-0.39, 0.29) is 11.8 Å². The quantitative estimate of drug-likeness (QED) is 0.825. The number of halogens is 1. The van der Waals surface area contributed by atoms with Crippen LogP contribution in [0.4, 0.5) is 5.95 Å². The molecule has 0 spiro atoms. The number of nitrogens with zero attached hydrogens (tertiary/aromatic N) is 3. The number of anilines is 1. The smallest absolute Gasteiger partial charge is 0.223 e. The summed E-state index contributed by atoms with van der Waals surface area (Å²) in [7, 11) is 0. The summed E-state index contributed by atoms with van der Waals surface area (Å²) in [6, 6.07) is 5.69. The topological polar surface area (TPSA) is 64.3 Å². The fourth-order valence-electron chi connectivity index (χ4n) is 4.14. The molecule has 0 aliphatic carbocycles. The number of fused-ring (bicyclic) bond motifs is 1. The monoisotopic (exact) mass is 389 g/mol. The first-order chi connectivity index (χ1) is 13.2. The van der Waals surface area contributed by atoms with Gasteiger partial charge in [-0.3, -0.25) is 4.79 Å². The third kappa shape index (κ3) is 4.55. The van der Waals surface area contributed by atoms with Crippen LogP contribution in [0.5, 0.6) is 0 Å². The SMILES string of the molecule is O=C(NCCN1CCCCC1)C1CCN(c2nc3ccc(Cl)cc3[nH]2)CC1. The molecule has 2 N–H and O–H groups in total. The lowest BCUT2D eigenvalue weighted by atomic mass is 9.96. The molecular weight excluding hydrogens is 362 g/mol. The molecule has 2 saturated heterocycles. The first-order valence-corrected chi connectivity index (χ1v) is 10.5. The zero-order valence-electron chi connectivity index (χ0n) is 15.7. The van der Waals surface area contributed by atoms with Crippen molar-refractivity contribution in [1.29, 1.82) is 0 Å². The van der Waals surface area contributed by atoms with E-state index >= 15 is 0 Å². The van der Waals surface area contributed by atoms with Gasteiger partial charge in [0, 0.05) is 37.1 Å². The summed E-state index contributed by atoms with van der Waals surface area (Å²) < 4.78 is 0. The van der Waals surface area contributed by atoms with E-state index in [0.29, 0.717) is 5.02 Å². The third-order valence-corrected chi connectivity index (χ3v) is 6.01. The summed E-state index contributed by atoms with van der Waals surface area (Å²) in [6.45, 7) is 5.79. The van der Waals surface area contributed by atoms with Gasteiger partial charge in [-0.25, -0.2) is 4.98 Å². The first-order valence-electron chi connectivity index (χ1n) is 10.1. The Morgan fingerprint density at radius 3 is 2.74 bits per heavy atom. The molecule has 7 heteroatoms. The van der Waals surface area contributed by atoms with Gasteiger partial charge in [0.05, 0.1) is 11.0 Å². The van der Waals surface area contributed by atoms with Crippen LogP contribution >= 0.6 is 11.6 Å². The van der Waals surface area contributed by atoms with E-state index in [1.807, 2.05) is 18.2 Å². The van der Waals surface area contributed by atoms with Gasteiger partial charge >= 0.3 is 0 Å². The molecule has 4 rings (SSSR count). The molecule has 6 nitrogen and oxygen atoms in total. The predicted octanol–water partition coefficient (Wildman–Crippen LogP) is 3.03. The lowest BCUT2D eigenvalue weighted by Crippen LogP contribution is -2.43. The number of nitrogens with one attached hydrogen (secondary N) is 2. The maximum absolute atomic E-state index is 12.5. The van der Waals surface area contributed by atoms with Gasteiger partial charge in [-0.05, 0) is 57.0 Å². The molecular formula is C20H28ClN5O. The standard InChI is InChI=1S/C20H28ClN5O/c21-16-4-5-17-18(14-16)24-20(23-17)26-11-6-15(7-12-26)19(27)22-8-13-25-9-2-1-3-10-25/h4-5,14-15H,1-3,6-13H2,(H,22,27)(H,23,24). The van der Waals surface area contributed by atoms with Crippen LogP contribution in [0, 0.1) is 5.92 Å². The van der Waals surface area contributed by atoms with E-state index < -0.39 is 0 Å². The van der Waals surface area contributed by atoms with Crippen molar-refractivity contribution >= 4 is 34.5 Å². The van der Waals surface area contributed by atoms with Crippen LogP contribution in [0.1, 0.15) is 32.1 Å². The average Bonchev–Trinajstić information content (AvgIpc) is 3.12. The van der Waals surface area contributed by atoms with Crippen molar-refractivity contribution < 1.29 is 4.79 Å². The highest BCUT2D eigenvalue weighted by atomic mass is 35.5. The molecule has 0 radical (unpaired) electrons. The van der Waals surface area contributed by atoms with Gasteiger partial charge in [0.15, 0.2) is 0 Å². The Hall–Kier alpha value is -1.79. The van der Waals surface area contributed by atoms with Crippen molar-refractivity contribution in [3.05, 3.63) is 23.2 Å². The molecule has 0 saturated carbocycles. The molecule has 2 aliphatic heterocycles. The van der Waals surface area contributed by atoms with Crippen LogP contribution in [0.25, 0.3) is 11.0 Å². The number of rotatable bonds is 5. The summed E-state index contributed by atoms with van der Waals surface area (Å²) >= 11 is 6.05. The minimum atomic E-state index is 0.112. The molecule has 3 heterocycles. The first kappa shape index (κ1) is 18.6. The molecule has 0 bridgehead atoms. The number of piperidine rings is 2. The fourth-order valence-corrected chi connectivity index (χ4v) is 4.31. The van der Waals surface area contributed by atoms with Gasteiger partial charge < -0.3 is 20.1 Å². The molecule has 0 unspecified atom stereocenters. The molecule has 1 aromatic heterocycles. The Bertz CT molecular complexity index is 778. The summed E-state index contributed by atoms with van der Waals surface area (Å²) in [6.07, 6.45) is 5.67. The molecule has 1 amide bonds. The number of hydrogen-bond donors (Lipinski definition) is 2. The highest BCUT2D eigenvalue weighted by Gasteiger charge is 2.26. The highest BCUT2D eigenvalue weighted by Crippen LogP contribution is 2.25. The number of carbonyl (C=O) groups excluding carboxylic acids is 1. The third-order valence-electron chi connectivity index (χ3n) is 5.77. The lowest BCUT2D eigenvalue weighted by Gasteiger charge is -2.31. The Morgan fingerprint density at radius 1 is 1.19 bits per heavy atom. The van der Waals surface area contributed by atoms with E-state index in [2.05, 4.69) is 25.1 Å². The van der Waals surface area contributed by atoms with Gasteiger partial charge in [0.2, 0.25) is 11.9 Å². The second-order valence-corrected chi connectivity index (χ2v) is 8.11. The zero-order valence-corrected chi connectivity index (χ0v) is 16.5. The van der Waals surface area contributed by atoms with Gasteiger partial charge in [0.1, 0.15) is 0 Å².